The minimum Gasteiger partial charge on any atom is -0.390 e. The standard InChI is InChI=1S/C16H22N4O3/c17-11-5-7-19(9-14(11)22)16(23)6-8-20-13-4-2-1-3-12(13)18-15(20)10-21/h1-4,11,14,21-22H,5-10,17H2/t11-,14-/m1/s1. The molecule has 23 heavy (non-hydrogen) atoms. The Hall–Kier alpha value is -1.96. The number of hydrogen-bond donors (Lipinski definition) is 3. The van der Waals surface area contributed by atoms with Crippen LogP contribution in [0.25, 0.3) is 11.0 Å². The summed E-state index contributed by atoms with van der Waals surface area (Å²) in [6.07, 6.45) is 0.257. The second-order valence-corrected chi connectivity index (χ2v) is 5.94. The van der Waals surface area contributed by atoms with E-state index in [2.05, 4.69) is 4.98 Å². The van der Waals surface area contributed by atoms with Crippen molar-refractivity contribution in [2.24, 2.45) is 5.73 Å². The van der Waals surface area contributed by atoms with Crippen molar-refractivity contribution in [3.63, 3.8) is 0 Å². The lowest BCUT2D eigenvalue weighted by molar-refractivity contribution is -0.134. The Morgan fingerprint density at radius 1 is 1.39 bits per heavy atom. The van der Waals surface area contributed by atoms with Gasteiger partial charge < -0.3 is 25.4 Å². The number of benzene rings is 1. The summed E-state index contributed by atoms with van der Waals surface area (Å²) in [7, 11) is 0. The van der Waals surface area contributed by atoms with Crippen molar-refractivity contribution in [1.82, 2.24) is 14.5 Å². The Balaban J connectivity index is 1.70. The number of nitrogens with zero attached hydrogens (tertiary/aromatic N) is 3. The van der Waals surface area contributed by atoms with E-state index >= 15 is 0 Å². The van der Waals surface area contributed by atoms with Gasteiger partial charge in [-0.15, -0.1) is 0 Å². The lowest BCUT2D eigenvalue weighted by atomic mass is 10.0. The first-order chi connectivity index (χ1) is 11.1. The van der Waals surface area contributed by atoms with Crippen LogP contribution in [0.1, 0.15) is 18.7 Å². The SMILES string of the molecule is N[C@@H]1CCN(C(=O)CCn2c(CO)nc3ccccc32)C[C@H]1O. The number of fused-ring (bicyclic) bond motifs is 1. The number of β-amino-alcohol motifs (C(OH)–C–C–N with tert-alkyl or cyclic N) is 1. The van der Waals surface area contributed by atoms with Crippen molar-refractivity contribution < 1.29 is 15.0 Å². The summed E-state index contributed by atoms with van der Waals surface area (Å²) in [6, 6.07) is 7.36. The number of carbonyl (C=O) groups excluding carboxylic acids is 1. The van der Waals surface area contributed by atoms with Gasteiger partial charge in [0.05, 0.1) is 17.1 Å². The summed E-state index contributed by atoms with van der Waals surface area (Å²) >= 11 is 0. The summed E-state index contributed by atoms with van der Waals surface area (Å²) in [6.45, 7) is 1.15. The second-order valence-electron chi connectivity index (χ2n) is 5.94. The molecule has 7 heteroatoms. The van der Waals surface area contributed by atoms with Crippen molar-refractivity contribution in [3.8, 4) is 0 Å². The molecule has 2 atom stereocenters. The van der Waals surface area contributed by atoms with Gasteiger partial charge in [-0.3, -0.25) is 4.79 Å². The third-order valence-electron chi connectivity index (χ3n) is 4.41. The number of para-hydroxylation sites is 2. The van der Waals surface area contributed by atoms with Crippen LogP contribution in [0.3, 0.4) is 0 Å². The number of amides is 1. The van der Waals surface area contributed by atoms with Gasteiger partial charge in [0.2, 0.25) is 5.91 Å². The minimum atomic E-state index is -0.658. The van der Waals surface area contributed by atoms with Crippen LogP contribution in [-0.2, 0) is 17.9 Å². The number of nitrogens with two attached hydrogens (primary N) is 1. The Kier molecular flexibility index (Phi) is 4.61. The van der Waals surface area contributed by atoms with Gasteiger partial charge in [-0.1, -0.05) is 12.1 Å². The molecule has 1 aliphatic heterocycles. The van der Waals surface area contributed by atoms with Crippen LogP contribution in [0.5, 0.6) is 0 Å². The van der Waals surface area contributed by atoms with Crippen LogP contribution in [0.4, 0.5) is 0 Å². The van der Waals surface area contributed by atoms with E-state index in [9.17, 15) is 15.0 Å². The molecule has 4 N–H and O–H groups in total. The maximum atomic E-state index is 12.4. The van der Waals surface area contributed by atoms with Crippen molar-refractivity contribution in [1.29, 1.82) is 0 Å². The number of aryl methyl sites for hydroxylation is 1. The number of rotatable bonds is 4. The average molecular weight is 318 g/mol. The van der Waals surface area contributed by atoms with E-state index < -0.39 is 6.10 Å². The van der Waals surface area contributed by atoms with Crippen LogP contribution in [-0.4, -0.2) is 55.8 Å². The topological polar surface area (TPSA) is 105 Å². The number of aliphatic hydroxyl groups excluding tert-OH is 2. The maximum Gasteiger partial charge on any atom is 0.224 e. The van der Waals surface area contributed by atoms with Crippen LogP contribution in [0.2, 0.25) is 0 Å². The Labute approximate surface area is 134 Å². The predicted molar refractivity (Wildman–Crippen MR) is 85.5 cm³/mol. The highest BCUT2D eigenvalue weighted by Crippen LogP contribution is 2.17. The van der Waals surface area contributed by atoms with Gasteiger partial charge in [-0.25, -0.2) is 4.98 Å². The van der Waals surface area contributed by atoms with E-state index in [-0.39, 0.29) is 25.1 Å². The first-order valence-electron chi connectivity index (χ1n) is 7.86. The van der Waals surface area contributed by atoms with Crippen molar-refractivity contribution in [3.05, 3.63) is 30.1 Å². The summed E-state index contributed by atoms with van der Waals surface area (Å²) in [5, 5.41) is 19.3. The molecule has 0 unspecified atom stereocenters. The molecule has 1 aromatic carbocycles. The van der Waals surface area contributed by atoms with Crippen molar-refractivity contribution in [2.75, 3.05) is 13.1 Å². The molecule has 1 amide bonds. The van der Waals surface area contributed by atoms with Gasteiger partial charge in [0.25, 0.3) is 0 Å². The van der Waals surface area contributed by atoms with Gasteiger partial charge in [0.15, 0.2) is 0 Å². The third kappa shape index (κ3) is 3.21. The number of likely N-dealkylation sites (tertiary alicyclic amines) is 1. The van der Waals surface area contributed by atoms with Crippen LogP contribution >= 0.6 is 0 Å². The van der Waals surface area contributed by atoms with E-state index in [1.54, 1.807) is 4.90 Å². The number of piperidine rings is 1. The van der Waals surface area contributed by atoms with Gasteiger partial charge in [0, 0.05) is 32.1 Å². The molecular weight excluding hydrogens is 296 g/mol. The summed E-state index contributed by atoms with van der Waals surface area (Å²) in [5.41, 5.74) is 7.48. The number of aliphatic hydroxyl groups is 2. The predicted octanol–water partition coefficient (Wildman–Crippen LogP) is -0.161. The molecule has 0 aliphatic carbocycles. The zero-order valence-electron chi connectivity index (χ0n) is 12.9. The number of imidazole rings is 1. The molecule has 124 valence electrons. The Morgan fingerprint density at radius 3 is 2.91 bits per heavy atom. The quantitative estimate of drug-likeness (QED) is 0.726. The first kappa shape index (κ1) is 15.9. The molecule has 0 radical (unpaired) electrons. The molecule has 0 saturated carbocycles. The molecule has 0 bridgehead atoms. The normalized spacial score (nSPS) is 21.8. The number of carbonyl (C=O) groups is 1. The molecule has 0 spiro atoms. The average Bonchev–Trinajstić information content (AvgIpc) is 2.93. The van der Waals surface area contributed by atoms with Crippen LogP contribution in [0, 0.1) is 0 Å². The molecule has 7 nitrogen and oxygen atoms in total. The zero-order chi connectivity index (χ0) is 16.4. The number of hydrogen-bond acceptors (Lipinski definition) is 5. The van der Waals surface area contributed by atoms with E-state index in [1.165, 1.54) is 0 Å². The minimum absolute atomic E-state index is 0.0161. The van der Waals surface area contributed by atoms with Crippen molar-refractivity contribution in [2.45, 2.75) is 38.1 Å². The molecule has 2 aromatic rings. The lowest BCUT2D eigenvalue weighted by Gasteiger charge is -2.34. The van der Waals surface area contributed by atoms with Crippen molar-refractivity contribution >= 4 is 16.9 Å². The second kappa shape index (κ2) is 6.66. The van der Waals surface area contributed by atoms with E-state index in [0.29, 0.717) is 31.8 Å². The van der Waals surface area contributed by atoms with E-state index in [4.69, 9.17) is 5.73 Å². The highest BCUT2D eigenvalue weighted by Gasteiger charge is 2.27. The lowest BCUT2D eigenvalue weighted by Crippen LogP contribution is -2.52. The summed E-state index contributed by atoms with van der Waals surface area (Å²) < 4.78 is 1.87. The summed E-state index contributed by atoms with van der Waals surface area (Å²) in [4.78, 5) is 18.4. The molecule has 1 aliphatic rings. The zero-order valence-corrected chi connectivity index (χ0v) is 12.9. The molecule has 1 fully saturated rings. The molecular formula is C16H22N4O3. The van der Waals surface area contributed by atoms with E-state index in [0.717, 1.165) is 11.0 Å². The highest BCUT2D eigenvalue weighted by molar-refractivity contribution is 5.78. The molecule has 1 aromatic heterocycles. The van der Waals surface area contributed by atoms with Crippen LogP contribution < -0.4 is 5.73 Å². The fourth-order valence-corrected chi connectivity index (χ4v) is 3.04. The van der Waals surface area contributed by atoms with Gasteiger partial charge in [0.1, 0.15) is 12.4 Å². The molecule has 3 rings (SSSR count). The smallest absolute Gasteiger partial charge is 0.224 e. The molecule has 2 heterocycles. The van der Waals surface area contributed by atoms with Gasteiger partial charge in [-0.2, -0.15) is 0 Å². The Bertz CT molecular complexity index is 700. The van der Waals surface area contributed by atoms with Crippen LogP contribution in [0.15, 0.2) is 24.3 Å². The monoisotopic (exact) mass is 318 g/mol. The van der Waals surface area contributed by atoms with Gasteiger partial charge in [-0.05, 0) is 18.6 Å². The third-order valence-corrected chi connectivity index (χ3v) is 4.41. The van der Waals surface area contributed by atoms with Gasteiger partial charge >= 0.3 is 0 Å². The maximum absolute atomic E-state index is 12.4. The molecule has 1 saturated heterocycles. The van der Waals surface area contributed by atoms with E-state index in [1.807, 2.05) is 28.8 Å². The first-order valence-corrected chi connectivity index (χ1v) is 7.86. The summed E-state index contributed by atoms with van der Waals surface area (Å²) in [5.74, 6) is 0.539. The Morgan fingerprint density at radius 2 is 2.17 bits per heavy atom. The fraction of sp³-hybridized carbons (Fsp3) is 0.500. The fourth-order valence-electron chi connectivity index (χ4n) is 3.04. The number of aromatic nitrogens is 2. The largest absolute Gasteiger partial charge is 0.390 e. The highest BCUT2D eigenvalue weighted by atomic mass is 16.3.